The number of ether oxygens (including phenoxy) is 2. The molecule has 1 aliphatic carbocycles. The van der Waals surface area contributed by atoms with Crippen LogP contribution < -0.4 is 11.1 Å². The van der Waals surface area contributed by atoms with Crippen molar-refractivity contribution in [3.8, 4) is 0 Å². The number of rotatable bonds is 8. The van der Waals surface area contributed by atoms with E-state index in [-0.39, 0.29) is 24.1 Å². The molecule has 0 spiro atoms. The second kappa shape index (κ2) is 11.7. The lowest BCUT2D eigenvalue weighted by atomic mass is 9.91. The van der Waals surface area contributed by atoms with Gasteiger partial charge in [0.05, 0.1) is 6.33 Å². The number of nitrogens with two attached hydrogens (primary N) is 1. The summed E-state index contributed by atoms with van der Waals surface area (Å²) in [7, 11) is 2.04. The topological polar surface area (TPSA) is 181 Å². The van der Waals surface area contributed by atoms with E-state index in [1.54, 1.807) is 0 Å². The van der Waals surface area contributed by atoms with Crippen molar-refractivity contribution in [2.45, 2.75) is 88.1 Å². The quantitative estimate of drug-likeness (QED) is 0.339. The number of imidazole rings is 1. The highest BCUT2D eigenvalue weighted by Crippen LogP contribution is 2.33. The lowest BCUT2D eigenvalue weighted by molar-refractivity contribution is -0.137. The number of aliphatic hydroxyl groups is 2. The zero-order valence-electron chi connectivity index (χ0n) is 23.4. The Labute approximate surface area is 238 Å². The molecule has 5 atom stereocenters. The van der Waals surface area contributed by atoms with Crippen LogP contribution in [0.2, 0.25) is 0 Å². The Bertz CT molecular complexity index is 1260. The molecule has 14 heteroatoms. The second-order valence-electron chi connectivity index (χ2n) is 11.9. The Balaban J connectivity index is 1.02. The van der Waals surface area contributed by atoms with Crippen molar-refractivity contribution in [2.24, 2.45) is 5.92 Å². The van der Waals surface area contributed by atoms with E-state index in [2.05, 4.69) is 25.2 Å². The number of hydrogen-bond donors (Lipinski definition) is 4. The van der Waals surface area contributed by atoms with Gasteiger partial charge in [0, 0.05) is 38.6 Å². The number of nitrogen functional groups attached to an aromatic ring is 1. The third-order valence-corrected chi connectivity index (χ3v) is 8.69. The lowest BCUT2D eigenvalue weighted by Gasteiger charge is -2.32. The van der Waals surface area contributed by atoms with Crippen LogP contribution >= 0.6 is 0 Å². The van der Waals surface area contributed by atoms with Gasteiger partial charge >= 0.3 is 6.09 Å². The van der Waals surface area contributed by atoms with Gasteiger partial charge in [-0.15, -0.1) is 0 Å². The van der Waals surface area contributed by atoms with Crippen LogP contribution in [-0.4, -0.2) is 115 Å². The summed E-state index contributed by atoms with van der Waals surface area (Å²) in [5.41, 5.74) is 6.95. The van der Waals surface area contributed by atoms with Crippen LogP contribution in [0.15, 0.2) is 6.33 Å². The number of likely N-dealkylation sites (N-methyl/N-ethyl adjacent to an activating group) is 1. The van der Waals surface area contributed by atoms with Gasteiger partial charge in [-0.2, -0.15) is 0 Å². The summed E-state index contributed by atoms with van der Waals surface area (Å²) >= 11 is 0. The predicted octanol–water partition coefficient (Wildman–Crippen LogP) is 0.182. The highest BCUT2D eigenvalue weighted by Gasteiger charge is 2.48. The Hall–Kier alpha value is -3.07. The molecule has 2 unspecified atom stereocenters. The summed E-state index contributed by atoms with van der Waals surface area (Å²) in [4.78, 5) is 42.4. The average Bonchev–Trinajstić information content (AvgIpc) is 3.38. The van der Waals surface area contributed by atoms with Gasteiger partial charge in [0.1, 0.15) is 29.7 Å². The van der Waals surface area contributed by atoms with Crippen molar-refractivity contribution >= 4 is 29.0 Å². The first-order chi connectivity index (χ1) is 19.8. The maximum absolute atomic E-state index is 12.5. The molecule has 1 saturated carbocycles. The van der Waals surface area contributed by atoms with Crippen LogP contribution in [-0.2, 0) is 20.7 Å². The largest absolute Gasteiger partial charge is 0.445 e. The predicted molar refractivity (Wildman–Crippen MR) is 146 cm³/mol. The summed E-state index contributed by atoms with van der Waals surface area (Å²) < 4.78 is 13.0. The molecule has 3 aliphatic heterocycles. The molecule has 5 N–H and O–H groups in total. The molecule has 41 heavy (non-hydrogen) atoms. The first kappa shape index (κ1) is 28.1. The summed E-state index contributed by atoms with van der Waals surface area (Å²) in [6, 6.07) is 0.104. The molecule has 2 aromatic heterocycles. The number of nitrogens with zero attached hydrogens (tertiary/aromatic N) is 6. The molecule has 4 fully saturated rings. The lowest BCUT2D eigenvalue weighted by Crippen LogP contribution is -2.43. The van der Waals surface area contributed by atoms with Crippen LogP contribution in [0.25, 0.3) is 11.2 Å². The highest BCUT2D eigenvalue weighted by molar-refractivity contribution is 5.83. The molecule has 2 amide bonds. The van der Waals surface area contributed by atoms with E-state index in [1.807, 2.05) is 11.9 Å². The Morgan fingerprint density at radius 1 is 1.12 bits per heavy atom. The monoisotopic (exact) mass is 572 g/mol. The fraction of sp³-hybridized carbons (Fsp3) is 0.741. The van der Waals surface area contributed by atoms with E-state index in [0.717, 1.165) is 58.0 Å². The van der Waals surface area contributed by atoms with Gasteiger partial charge in [0.25, 0.3) is 5.91 Å². The van der Waals surface area contributed by atoms with Crippen molar-refractivity contribution in [1.29, 1.82) is 0 Å². The van der Waals surface area contributed by atoms with E-state index in [0.29, 0.717) is 42.4 Å². The number of amides is 2. The number of hydrogen-bond acceptors (Lipinski definition) is 11. The second-order valence-corrected chi connectivity index (χ2v) is 11.9. The smallest absolute Gasteiger partial charge is 0.410 e. The molecular formula is C27H40N8O6. The zero-order chi connectivity index (χ0) is 28.7. The minimum Gasteiger partial charge on any atom is -0.445 e. The van der Waals surface area contributed by atoms with Gasteiger partial charge in [-0.25, -0.2) is 19.7 Å². The first-order valence-electron chi connectivity index (χ1n) is 14.7. The van der Waals surface area contributed by atoms with Crippen LogP contribution in [0.3, 0.4) is 0 Å². The van der Waals surface area contributed by atoms with Crippen molar-refractivity contribution in [1.82, 2.24) is 34.6 Å². The number of nitrogens with one attached hydrogen (secondary N) is 1. The number of aryl methyl sites for hydroxylation is 1. The van der Waals surface area contributed by atoms with Crippen LogP contribution in [0.1, 0.15) is 57.0 Å². The number of carbonyl (C=O) groups excluding carboxylic acids is 2. The first-order valence-corrected chi connectivity index (χ1v) is 14.7. The van der Waals surface area contributed by atoms with Gasteiger partial charge in [-0.3, -0.25) is 9.36 Å². The fourth-order valence-corrected chi connectivity index (χ4v) is 6.06. The van der Waals surface area contributed by atoms with Crippen molar-refractivity contribution < 1.29 is 29.3 Å². The van der Waals surface area contributed by atoms with E-state index in [4.69, 9.17) is 15.2 Å². The van der Waals surface area contributed by atoms with E-state index in [9.17, 15) is 19.8 Å². The van der Waals surface area contributed by atoms with Gasteiger partial charge in [-0.1, -0.05) is 0 Å². The van der Waals surface area contributed by atoms with E-state index < -0.39 is 30.4 Å². The number of piperidine rings is 1. The van der Waals surface area contributed by atoms with Crippen molar-refractivity contribution in [2.75, 3.05) is 39.0 Å². The Morgan fingerprint density at radius 3 is 2.61 bits per heavy atom. The number of aromatic nitrogens is 4. The van der Waals surface area contributed by atoms with Gasteiger partial charge in [-0.05, 0) is 57.9 Å². The van der Waals surface area contributed by atoms with E-state index >= 15 is 0 Å². The third-order valence-electron chi connectivity index (χ3n) is 8.69. The molecule has 0 bridgehead atoms. The number of fused-ring (bicyclic) bond motifs is 1. The summed E-state index contributed by atoms with van der Waals surface area (Å²) in [6.07, 6.45) is 3.27. The van der Waals surface area contributed by atoms with Crippen molar-refractivity contribution in [3.63, 3.8) is 0 Å². The molecule has 5 heterocycles. The molecule has 14 nitrogen and oxygen atoms in total. The number of carbonyl (C=O) groups is 2. The van der Waals surface area contributed by atoms with Crippen molar-refractivity contribution in [3.05, 3.63) is 12.2 Å². The summed E-state index contributed by atoms with van der Waals surface area (Å²) in [5.74, 6) is 0.839. The van der Waals surface area contributed by atoms with Gasteiger partial charge < -0.3 is 40.5 Å². The molecule has 0 aromatic carbocycles. The standard InChI is InChI=1S/C27H40N8O6/c1-33-10-9-17(13-33)40-27(39)34-11-7-15(8-12-34)3-2-4-18-31-23(28)19-24(32-18)35(14-29-19)26-21(37)20(36)22(41-26)25(38)30-16-5-6-16/h14-17,20-22,26,36-37H,2-13H2,1H3,(H,30,38)(H2,28,31,32)/t17?,20?,21-,22-,26+/m0/s1. The molecular weight excluding hydrogens is 532 g/mol. The number of aliphatic hydroxyl groups excluding tert-OH is 2. The molecule has 3 saturated heterocycles. The van der Waals surface area contributed by atoms with Crippen LogP contribution in [0.5, 0.6) is 0 Å². The average molecular weight is 573 g/mol. The summed E-state index contributed by atoms with van der Waals surface area (Å²) in [6.45, 7) is 3.17. The zero-order valence-corrected chi connectivity index (χ0v) is 23.4. The maximum Gasteiger partial charge on any atom is 0.410 e. The fourth-order valence-electron chi connectivity index (χ4n) is 6.06. The minimum atomic E-state index is -1.38. The third kappa shape index (κ3) is 6.10. The molecule has 4 aliphatic rings. The Morgan fingerprint density at radius 2 is 1.90 bits per heavy atom. The molecule has 2 aromatic rings. The Kier molecular flexibility index (Phi) is 7.99. The molecule has 6 rings (SSSR count). The molecule has 0 radical (unpaired) electrons. The SMILES string of the molecule is CN1CCC(OC(=O)N2CCC(CCCc3nc(N)c4ncn([C@@H]5O[C@H](C(=O)NC6CC6)C(O)[C@@H]5O)c4n3)CC2)C1. The highest BCUT2D eigenvalue weighted by atomic mass is 16.6. The number of likely N-dealkylation sites (tertiary alicyclic amines) is 2. The van der Waals surface area contributed by atoms with Gasteiger partial charge in [0.2, 0.25) is 0 Å². The maximum atomic E-state index is 12.5. The molecule has 224 valence electrons. The minimum absolute atomic E-state index is 0.00637. The van der Waals surface area contributed by atoms with E-state index in [1.165, 1.54) is 10.9 Å². The number of anilines is 1. The summed E-state index contributed by atoms with van der Waals surface area (Å²) in [5, 5.41) is 24.0. The van der Waals surface area contributed by atoms with Crippen LogP contribution in [0.4, 0.5) is 10.6 Å². The normalized spacial score (nSPS) is 29.3. The van der Waals surface area contributed by atoms with Gasteiger partial charge in [0.15, 0.2) is 23.8 Å². The van der Waals surface area contributed by atoms with Crippen LogP contribution in [0, 0.1) is 5.92 Å².